The van der Waals surface area contributed by atoms with Gasteiger partial charge >= 0.3 is 5.97 Å². The lowest BCUT2D eigenvalue weighted by molar-refractivity contribution is -0.139. The van der Waals surface area contributed by atoms with E-state index in [0.29, 0.717) is 16.7 Å². The van der Waals surface area contributed by atoms with E-state index in [2.05, 4.69) is 24.1 Å². The van der Waals surface area contributed by atoms with Crippen molar-refractivity contribution in [3.63, 3.8) is 0 Å². The molecule has 0 saturated carbocycles. The van der Waals surface area contributed by atoms with Gasteiger partial charge in [-0.25, -0.2) is 4.79 Å². The van der Waals surface area contributed by atoms with E-state index in [1.165, 1.54) is 0 Å². The Morgan fingerprint density at radius 3 is 2.22 bits per heavy atom. The third-order valence-electron chi connectivity index (χ3n) is 8.81. The lowest BCUT2D eigenvalue weighted by Crippen LogP contribution is -2.58. The second kappa shape index (κ2) is 17.1. The van der Waals surface area contributed by atoms with E-state index in [1.54, 1.807) is 56.1 Å². The zero-order valence-electron chi connectivity index (χ0n) is 28.0. The van der Waals surface area contributed by atoms with Gasteiger partial charge in [0.05, 0.1) is 18.7 Å². The van der Waals surface area contributed by atoms with Crippen LogP contribution in [-0.4, -0.2) is 77.7 Å². The molecule has 2 unspecified atom stereocenters. The molecule has 1 heterocycles. The molecule has 244 valence electrons. The molecule has 1 N–H and O–H groups in total. The maximum atomic E-state index is 14.2. The number of amides is 2. The second-order valence-electron chi connectivity index (χ2n) is 12.4. The van der Waals surface area contributed by atoms with Crippen molar-refractivity contribution in [1.82, 2.24) is 15.1 Å². The number of rotatable bonds is 14. The Hall–Kier alpha value is -3.78. The number of likely N-dealkylation sites (tertiary alicyclic amines) is 1. The zero-order valence-corrected chi connectivity index (χ0v) is 28.0. The first-order chi connectivity index (χ1) is 21.5. The van der Waals surface area contributed by atoms with Gasteiger partial charge in [0.15, 0.2) is 5.78 Å². The Balaban J connectivity index is 1.90. The van der Waals surface area contributed by atoms with Crippen LogP contribution < -0.4 is 5.32 Å². The van der Waals surface area contributed by atoms with Gasteiger partial charge in [0, 0.05) is 36.2 Å². The van der Waals surface area contributed by atoms with Crippen molar-refractivity contribution >= 4 is 23.6 Å². The molecule has 0 spiro atoms. The summed E-state index contributed by atoms with van der Waals surface area (Å²) in [4.78, 5) is 57.3. The van der Waals surface area contributed by atoms with Gasteiger partial charge in [-0.05, 0) is 58.1 Å². The summed E-state index contributed by atoms with van der Waals surface area (Å²) in [5, 5.41) is 3.13. The highest BCUT2D eigenvalue weighted by Gasteiger charge is 2.35. The average Bonchev–Trinajstić information content (AvgIpc) is 3.06. The number of piperidine rings is 1. The van der Waals surface area contributed by atoms with Gasteiger partial charge < -0.3 is 15.0 Å². The number of nitrogens with zero attached hydrogens (tertiary/aromatic N) is 2. The summed E-state index contributed by atoms with van der Waals surface area (Å²) in [7, 11) is 1.72. The maximum absolute atomic E-state index is 14.2. The number of nitrogens with one attached hydrogen (secondary N) is 1. The smallest absolute Gasteiger partial charge is 0.333 e. The van der Waals surface area contributed by atoms with Crippen LogP contribution in [0.1, 0.15) is 88.7 Å². The van der Waals surface area contributed by atoms with Crippen LogP contribution in [0.4, 0.5) is 0 Å². The number of likely N-dealkylation sites (N-methyl/N-ethyl adjacent to an activating group) is 1. The second-order valence-corrected chi connectivity index (χ2v) is 12.4. The maximum Gasteiger partial charge on any atom is 0.333 e. The highest BCUT2D eigenvalue weighted by Crippen LogP contribution is 2.23. The highest BCUT2D eigenvalue weighted by atomic mass is 16.5. The fraction of sp³-hybridized carbons (Fsp3) is 0.514. The fourth-order valence-corrected chi connectivity index (χ4v) is 5.96. The number of hydrogen-bond donors (Lipinski definition) is 1. The number of benzene rings is 2. The quantitative estimate of drug-likeness (QED) is 0.169. The number of esters is 1. The molecule has 0 bridgehead atoms. The first-order valence-electron chi connectivity index (χ1n) is 16.3. The van der Waals surface area contributed by atoms with Crippen LogP contribution in [0.5, 0.6) is 0 Å². The van der Waals surface area contributed by atoms with E-state index in [4.69, 9.17) is 4.74 Å². The third kappa shape index (κ3) is 9.60. The summed E-state index contributed by atoms with van der Waals surface area (Å²) in [5.41, 5.74) is 2.42. The molecule has 45 heavy (non-hydrogen) atoms. The minimum atomic E-state index is -0.837. The molecule has 4 atom stereocenters. The van der Waals surface area contributed by atoms with Crippen LogP contribution in [0.25, 0.3) is 0 Å². The largest absolute Gasteiger partial charge is 0.463 e. The van der Waals surface area contributed by atoms with E-state index < -0.39 is 18.1 Å². The van der Waals surface area contributed by atoms with Gasteiger partial charge in [-0.15, -0.1) is 0 Å². The summed E-state index contributed by atoms with van der Waals surface area (Å²) in [6, 6.07) is 15.1. The molecule has 2 aromatic rings. The van der Waals surface area contributed by atoms with Gasteiger partial charge in [0.2, 0.25) is 11.8 Å². The molecule has 2 aromatic carbocycles. The molecule has 0 radical (unpaired) electrons. The van der Waals surface area contributed by atoms with Crippen molar-refractivity contribution < 1.29 is 23.9 Å². The van der Waals surface area contributed by atoms with Crippen LogP contribution >= 0.6 is 0 Å². The Morgan fingerprint density at radius 1 is 0.978 bits per heavy atom. The van der Waals surface area contributed by atoms with Crippen molar-refractivity contribution in [2.45, 2.75) is 97.8 Å². The predicted octanol–water partition coefficient (Wildman–Crippen LogP) is 5.59. The summed E-state index contributed by atoms with van der Waals surface area (Å²) in [6.07, 6.45) is 5.74. The zero-order chi connectivity index (χ0) is 33.1. The molecule has 1 aliphatic heterocycles. The van der Waals surface area contributed by atoms with Crippen molar-refractivity contribution in [1.29, 1.82) is 0 Å². The van der Waals surface area contributed by atoms with E-state index >= 15 is 0 Å². The lowest BCUT2D eigenvalue weighted by Gasteiger charge is -2.39. The van der Waals surface area contributed by atoms with E-state index in [-0.39, 0.29) is 48.6 Å². The number of carbonyl (C=O) groups is 4. The van der Waals surface area contributed by atoms with E-state index in [0.717, 1.165) is 37.8 Å². The van der Waals surface area contributed by atoms with Crippen LogP contribution in [-0.2, 0) is 25.5 Å². The Morgan fingerprint density at radius 2 is 1.62 bits per heavy atom. The molecular formula is C37H51N3O5. The molecule has 2 amide bonds. The molecule has 8 nitrogen and oxygen atoms in total. The van der Waals surface area contributed by atoms with Crippen LogP contribution in [0.2, 0.25) is 0 Å². The summed E-state index contributed by atoms with van der Waals surface area (Å²) in [5.74, 6) is -0.875. The Bertz CT molecular complexity index is 1320. The van der Waals surface area contributed by atoms with Gasteiger partial charge in [-0.3, -0.25) is 19.3 Å². The topological polar surface area (TPSA) is 96.0 Å². The highest BCUT2D eigenvalue weighted by molar-refractivity contribution is 6.09. The molecular weight excluding hydrogens is 566 g/mol. The SMILES string of the molecule is CCOC(=O)/C(C)=C/[C@H](C(C)C)N(C)C(=O)C(Cc1ccc(C(=O)c2ccccc2)cc1)NC(=O)[C@H]1CCCCN1C(C)CC. The standard InChI is InChI=1S/C37H51N3O5/c1-8-27(6)40-22-14-13-17-32(40)35(42)38-31(36(43)39(7)33(25(3)4)23-26(5)37(44)45-9-2)24-28-18-20-30(21-19-28)34(41)29-15-11-10-12-16-29/h10-12,15-16,18-21,23,25,27,31-33H,8-9,13-14,17,22,24H2,1-7H3,(H,38,42)/b26-23+/t27?,31?,32-,33-/m1/s1. The first kappa shape index (κ1) is 35.7. The molecule has 1 aliphatic rings. The normalized spacial score (nSPS) is 17.7. The molecule has 8 heteroatoms. The van der Waals surface area contributed by atoms with Crippen molar-refractivity contribution in [2.75, 3.05) is 20.2 Å². The molecule has 0 aromatic heterocycles. The van der Waals surface area contributed by atoms with E-state index in [9.17, 15) is 19.2 Å². The third-order valence-corrected chi connectivity index (χ3v) is 8.81. The minimum absolute atomic E-state index is 0.00204. The van der Waals surface area contributed by atoms with Gasteiger partial charge in [-0.2, -0.15) is 0 Å². The average molecular weight is 618 g/mol. The molecule has 1 fully saturated rings. The monoisotopic (exact) mass is 617 g/mol. The predicted molar refractivity (Wildman–Crippen MR) is 178 cm³/mol. The minimum Gasteiger partial charge on any atom is -0.463 e. The van der Waals surface area contributed by atoms with Crippen LogP contribution in [0, 0.1) is 5.92 Å². The van der Waals surface area contributed by atoms with Crippen molar-refractivity contribution in [2.24, 2.45) is 5.92 Å². The number of ether oxygens (including phenoxy) is 1. The molecule has 3 rings (SSSR count). The molecule has 1 saturated heterocycles. The van der Waals surface area contributed by atoms with Crippen molar-refractivity contribution in [3.05, 3.63) is 82.9 Å². The van der Waals surface area contributed by atoms with Gasteiger partial charge in [-0.1, -0.05) is 87.9 Å². The Kier molecular flexibility index (Phi) is 13.5. The Labute approximate surface area is 269 Å². The molecule has 0 aliphatic carbocycles. The summed E-state index contributed by atoms with van der Waals surface area (Å²) in [6.45, 7) is 12.8. The fourth-order valence-electron chi connectivity index (χ4n) is 5.96. The van der Waals surface area contributed by atoms with Crippen LogP contribution in [0.15, 0.2) is 66.2 Å². The van der Waals surface area contributed by atoms with Crippen molar-refractivity contribution in [3.8, 4) is 0 Å². The summed E-state index contributed by atoms with van der Waals surface area (Å²) < 4.78 is 5.17. The first-order valence-corrected chi connectivity index (χ1v) is 16.3. The van der Waals surface area contributed by atoms with Crippen LogP contribution in [0.3, 0.4) is 0 Å². The lowest BCUT2D eigenvalue weighted by atomic mass is 9.95. The number of carbonyl (C=O) groups excluding carboxylic acids is 4. The van der Waals surface area contributed by atoms with Gasteiger partial charge in [0.1, 0.15) is 6.04 Å². The number of ketones is 1. The van der Waals surface area contributed by atoms with Gasteiger partial charge in [0.25, 0.3) is 0 Å². The van der Waals surface area contributed by atoms with E-state index in [1.807, 2.05) is 44.2 Å². The summed E-state index contributed by atoms with van der Waals surface area (Å²) >= 11 is 0. The number of hydrogen-bond acceptors (Lipinski definition) is 6.